The predicted octanol–water partition coefficient (Wildman–Crippen LogP) is 4.32. The molecule has 0 aliphatic carbocycles. The lowest BCUT2D eigenvalue weighted by Crippen LogP contribution is -1.98. The van der Waals surface area contributed by atoms with Crippen LogP contribution in [0, 0.1) is 0 Å². The van der Waals surface area contributed by atoms with E-state index in [1.165, 1.54) is 9.75 Å². The zero-order valence-corrected chi connectivity index (χ0v) is 11.7. The SMILES string of the molecule is CCOc1cccc(NCc2ccc(CC)s2)c1. The molecule has 0 fully saturated rings. The Hall–Kier alpha value is -1.48. The molecule has 2 aromatic rings. The van der Waals surface area contributed by atoms with Crippen molar-refractivity contribution in [2.75, 3.05) is 11.9 Å². The van der Waals surface area contributed by atoms with Crippen molar-refractivity contribution in [3.63, 3.8) is 0 Å². The standard InChI is InChI=1S/C15H19NOS/c1-3-14-8-9-15(18-14)11-16-12-6-5-7-13(10-12)17-4-2/h5-10,16H,3-4,11H2,1-2H3. The fourth-order valence-corrected chi connectivity index (χ4v) is 2.66. The van der Waals surface area contributed by atoms with Crippen LogP contribution in [0.3, 0.4) is 0 Å². The molecule has 0 radical (unpaired) electrons. The molecule has 96 valence electrons. The molecule has 0 saturated carbocycles. The second-order valence-electron chi connectivity index (χ2n) is 4.04. The summed E-state index contributed by atoms with van der Waals surface area (Å²) in [5.41, 5.74) is 1.10. The number of thiophene rings is 1. The van der Waals surface area contributed by atoms with E-state index in [1.807, 2.05) is 36.5 Å². The highest BCUT2D eigenvalue weighted by Gasteiger charge is 2.00. The van der Waals surface area contributed by atoms with Crippen molar-refractivity contribution in [2.24, 2.45) is 0 Å². The summed E-state index contributed by atoms with van der Waals surface area (Å²) in [5, 5.41) is 3.43. The van der Waals surface area contributed by atoms with Crippen LogP contribution in [0.5, 0.6) is 5.75 Å². The molecule has 2 rings (SSSR count). The molecule has 2 nitrogen and oxygen atoms in total. The second-order valence-corrected chi connectivity index (χ2v) is 5.29. The highest BCUT2D eigenvalue weighted by Crippen LogP contribution is 2.21. The van der Waals surface area contributed by atoms with Crippen molar-refractivity contribution in [1.29, 1.82) is 0 Å². The molecule has 1 aromatic carbocycles. The number of hydrogen-bond acceptors (Lipinski definition) is 3. The number of benzene rings is 1. The molecular formula is C15H19NOS. The van der Waals surface area contributed by atoms with Gasteiger partial charge < -0.3 is 10.1 Å². The van der Waals surface area contributed by atoms with Crippen LogP contribution in [0.2, 0.25) is 0 Å². The maximum absolute atomic E-state index is 5.48. The van der Waals surface area contributed by atoms with E-state index < -0.39 is 0 Å². The molecule has 1 N–H and O–H groups in total. The molecule has 0 atom stereocenters. The summed E-state index contributed by atoms with van der Waals surface area (Å²) in [6, 6.07) is 12.5. The van der Waals surface area contributed by atoms with Gasteiger partial charge in [0.2, 0.25) is 0 Å². The van der Waals surface area contributed by atoms with Crippen molar-refractivity contribution in [2.45, 2.75) is 26.8 Å². The van der Waals surface area contributed by atoms with Gasteiger partial charge in [-0.1, -0.05) is 13.0 Å². The molecule has 0 aliphatic rings. The summed E-state index contributed by atoms with van der Waals surface area (Å²) in [6.07, 6.45) is 1.12. The van der Waals surface area contributed by atoms with E-state index in [1.54, 1.807) is 0 Å². The number of anilines is 1. The molecule has 1 heterocycles. The number of ether oxygens (including phenoxy) is 1. The predicted molar refractivity (Wildman–Crippen MR) is 78.6 cm³/mol. The minimum atomic E-state index is 0.703. The largest absolute Gasteiger partial charge is 0.494 e. The molecule has 0 saturated heterocycles. The molecule has 0 unspecified atom stereocenters. The molecule has 0 amide bonds. The Morgan fingerprint density at radius 1 is 1.11 bits per heavy atom. The summed E-state index contributed by atoms with van der Waals surface area (Å²) in [4.78, 5) is 2.81. The van der Waals surface area contributed by atoms with Gasteiger partial charge in [-0.25, -0.2) is 0 Å². The number of nitrogens with one attached hydrogen (secondary N) is 1. The van der Waals surface area contributed by atoms with E-state index in [-0.39, 0.29) is 0 Å². The van der Waals surface area contributed by atoms with Gasteiger partial charge in [0.25, 0.3) is 0 Å². The first kappa shape index (κ1) is 13.0. The smallest absolute Gasteiger partial charge is 0.121 e. The first-order valence-electron chi connectivity index (χ1n) is 6.36. The average Bonchev–Trinajstić information content (AvgIpc) is 2.85. The summed E-state index contributed by atoms with van der Waals surface area (Å²) < 4.78 is 5.48. The van der Waals surface area contributed by atoms with Crippen LogP contribution in [0.15, 0.2) is 36.4 Å². The zero-order valence-electron chi connectivity index (χ0n) is 10.9. The van der Waals surface area contributed by atoms with E-state index in [4.69, 9.17) is 4.74 Å². The zero-order chi connectivity index (χ0) is 12.8. The number of aryl methyl sites for hydroxylation is 1. The van der Waals surface area contributed by atoms with Crippen molar-refractivity contribution in [3.05, 3.63) is 46.2 Å². The van der Waals surface area contributed by atoms with Crippen LogP contribution in [0.1, 0.15) is 23.6 Å². The monoisotopic (exact) mass is 261 g/mol. The van der Waals surface area contributed by atoms with Crippen LogP contribution in [0.25, 0.3) is 0 Å². The Labute approximate surface area is 113 Å². The fraction of sp³-hybridized carbons (Fsp3) is 0.333. The Balaban J connectivity index is 1.94. The second kappa shape index (κ2) is 6.45. The van der Waals surface area contributed by atoms with E-state index in [2.05, 4.69) is 30.4 Å². The van der Waals surface area contributed by atoms with Crippen LogP contribution < -0.4 is 10.1 Å². The highest BCUT2D eigenvalue weighted by molar-refractivity contribution is 7.12. The topological polar surface area (TPSA) is 21.3 Å². The van der Waals surface area contributed by atoms with Crippen LogP contribution >= 0.6 is 11.3 Å². The first-order valence-corrected chi connectivity index (χ1v) is 7.17. The normalized spacial score (nSPS) is 10.3. The van der Waals surface area contributed by atoms with Crippen molar-refractivity contribution in [3.8, 4) is 5.75 Å². The molecule has 0 bridgehead atoms. The van der Waals surface area contributed by atoms with Gasteiger partial charge in [0.15, 0.2) is 0 Å². The van der Waals surface area contributed by atoms with Crippen LogP contribution in [-0.2, 0) is 13.0 Å². The third-order valence-electron chi connectivity index (χ3n) is 2.68. The van der Waals surface area contributed by atoms with Gasteiger partial charge >= 0.3 is 0 Å². The lowest BCUT2D eigenvalue weighted by atomic mass is 10.3. The summed E-state index contributed by atoms with van der Waals surface area (Å²) in [6.45, 7) is 5.76. The van der Waals surface area contributed by atoms with E-state index >= 15 is 0 Å². The summed E-state index contributed by atoms with van der Waals surface area (Å²) >= 11 is 1.87. The van der Waals surface area contributed by atoms with Crippen LogP contribution in [0.4, 0.5) is 5.69 Å². The van der Waals surface area contributed by atoms with Gasteiger partial charge in [0, 0.05) is 28.1 Å². The molecule has 3 heteroatoms. The Morgan fingerprint density at radius 2 is 1.94 bits per heavy atom. The van der Waals surface area contributed by atoms with Crippen molar-refractivity contribution >= 4 is 17.0 Å². The minimum Gasteiger partial charge on any atom is -0.494 e. The van der Waals surface area contributed by atoms with Gasteiger partial charge in [-0.15, -0.1) is 11.3 Å². The van der Waals surface area contributed by atoms with Gasteiger partial charge in [-0.2, -0.15) is 0 Å². The van der Waals surface area contributed by atoms with Gasteiger partial charge in [-0.3, -0.25) is 0 Å². The van der Waals surface area contributed by atoms with Crippen molar-refractivity contribution in [1.82, 2.24) is 0 Å². The lowest BCUT2D eigenvalue weighted by molar-refractivity contribution is 0.340. The van der Waals surface area contributed by atoms with E-state index in [0.717, 1.165) is 24.4 Å². The number of hydrogen-bond donors (Lipinski definition) is 1. The average molecular weight is 261 g/mol. The van der Waals surface area contributed by atoms with Crippen LogP contribution in [-0.4, -0.2) is 6.61 Å². The number of rotatable bonds is 6. The highest BCUT2D eigenvalue weighted by atomic mass is 32.1. The molecule has 0 aliphatic heterocycles. The lowest BCUT2D eigenvalue weighted by Gasteiger charge is -2.07. The first-order chi connectivity index (χ1) is 8.81. The third kappa shape index (κ3) is 3.50. The quantitative estimate of drug-likeness (QED) is 0.836. The van der Waals surface area contributed by atoms with Gasteiger partial charge in [0.1, 0.15) is 5.75 Å². The van der Waals surface area contributed by atoms with E-state index in [0.29, 0.717) is 6.61 Å². The third-order valence-corrected chi connectivity index (χ3v) is 3.91. The Bertz CT molecular complexity index is 493. The summed E-state index contributed by atoms with van der Waals surface area (Å²) in [7, 11) is 0. The minimum absolute atomic E-state index is 0.703. The molecule has 0 spiro atoms. The molecule has 1 aromatic heterocycles. The maximum Gasteiger partial charge on any atom is 0.121 e. The van der Waals surface area contributed by atoms with Gasteiger partial charge in [0.05, 0.1) is 6.61 Å². The molecule has 18 heavy (non-hydrogen) atoms. The maximum atomic E-state index is 5.48. The van der Waals surface area contributed by atoms with E-state index in [9.17, 15) is 0 Å². The molecular weight excluding hydrogens is 242 g/mol. The van der Waals surface area contributed by atoms with Gasteiger partial charge in [-0.05, 0) is 37.6 Å². The Morgan fingerprint density at radius 3 is 2.67 bits per heavy atom. The fourth-order valence-electron chi connectivity index (χ4n) is 1.76. The summed E-state index contributed by atoms with van der Waals surface area (Å²) in [5.74, 6) is 0.919. The Kier molecular flexibility index (Phi) is 4.65. The van der Waals surface area contributed by atoms with Crippen molar-refractivity contribution < 1.29 is 4.74 Å².